The molecule has 4 rings (SSSR count). The van der Waals surface area contributed by atoms with Crippen LogP contribution in [0.1, 0.15) is 40.1 Å². The quantitative estimate of drug-likeness (QED) is 0.842. The van der Waals surface area contributed by atoms with E-state index in [-0.39, 0.29) is 17.4 Å². The first-order chi connectivity index (χ1) is 12.8. The van der Waals surface area contributed by atoms with Crippen LogP contribution in [0.5, 0.6) is 0 Å². The number of rotatable bonds is 3. The molecule has 2 aromatic rings. The summed E-state index contributed by atoms with van der Waals surface area (Å²) >= 11 is 0. The van der Waals surface area contributed by atoms with Gasteiger partial charge in [0.15, 0.2) is 0 Å². The number of benzene rings is 1. The molecule has 3 atom stereocenters. The summed E-state index contributed by atoms with van der Waals surface area (Å²) in [5.41, 5.74) is 7.96. The Balaban J connectivity index is 1.46. The molecule has 27 heavy (non-hydrogen) atoms. The van der Waals surface area contributed by atoms with Crippen LogP contribution in [0.15, 0.2) is 18.2 Å². The molecule has 7 nitrogen and oxygen atoms in total. The fourth-order valence-electron chi connectivity index (χ4n) is 3.95. The van der Waals surface area contributed by atoms with Gasteiger partial charge in [-0.2, -0.15) is 0 Å². The molecule has 0 bridgehead atoms. The number of nitrogens with two attached hydrogens (primary N) is 1. The van der Waals surface area contributed by atoms with Gasteiger partial charge in [0.05, 0.1) is 18.0 Å². The molecule has 1 saturated heterocycles. The fraction of sp³-hybridized carbons (Fsp3) is 0.444. The largest absolute Gasteiger partial charge is 0.475 e. The minimum Gasteiger partial charge on any atom is -0.475 e. The number of hydrogen-bond acceptors (Lipinski definition) is 5. The second-order valence-corrected chi connectivity index (χ2v) is 7.07. The van der Waals surface area contributed by atoms with Crippen molar-refractivity contribution in [3.05, 3.63) is 52.6 Å². The Morgan fingerprint density at radius 1 is 1.37 bits per heavy atom. The molecule has 0 saturated carbocycles. The van der Waals surface area contributed by atoms with Gasteiger partial charge in [-0.25, -0.2) is 18.6 Å². The maximum absolute atomic E-state index is 14.0. The topological polar surface area (TPSA) is 93.6 Å². The number of hydrogen-bond donors (Lipinski definition) is 2. The lowest BCUT2D eigenvalue weighted by Crippen LogP contribution is -2.48. The van der Waals surface area contributed by atoms with E-state index in [4.69, 9.17) is 15.6 Å². The smallest absolute Gasteiger partial charge is 0.372 e. The van der Waals surface area contributed by atoms with Gasteiger partial charge in [0.2, 0.25) is 5.82 Å². The monoisotopic (exact) mass is 378 g/mol. The third kappa shape index (κ3) is 3.11. The Morgan fingerprint density at radius 3 is 2.81 bits per heavy atom. The molecular weight excluding hydrogens is 358 g/mol. The van der Waals surface area contributed by atoms with Crippen LogP contribution in [0, 0.1) is 11.6 Å². The van der Waals surface area contributed by atoms with Gasteiger partial charge >= 0.3 is 5.97 Å². The summed E-state index contributed by atoms with van der Waals surface area (Å²) in [7, 11) is 1.69. The maximum atomic E-state index is 14.0. The molecule has 2 aliphatic heterocycles. The number of nitrogens with zero attached hydrogens (tertiary/aromatic N) is 3. The highest BCUT2D eigenvalue weighted by Gasteiger charge is 2.38. The summed E-state index contributed by atoms with van der Waals surface area (Å²) in [5, 5.41) is 9.16. The van der Waals surface area contributed by atoms with Crippen molar-refractivity contribution >= 4 is 5.97 Å². The number of carbonyl (C=O) groups is 1. The highest BCUT2D eigenvalue weighted by atomic mass is 19.1. The molecule has 0 unspecified atom stereocenters. The van der Waals surface area contributed by atoms with Crippen LogP contribution >= 0.6 is 0 Å². The number of halogens is 2. The van der Waals surface area contributed by atoms with Crippen molar-refractivity contribution < 1.29 is 23.4 Å². The Bertz CT molecular complexity index is 901. The van der Waals surface area contributed by atoms with Crippen LogP contribution in [-0.2, 0) is 24.9 Å². The Labute approximate surface area is 154 Å². The average molecular weight is 378 g/mol. The molecular formula is C18H20F2N4O3. The molecule has 1 aromatic heterocycles. The highest BCUT2D eigenvalue weighted by molar-refractivity contribution is 5.83. The van der Waals surface area contributed by atoms with Crippen LogP contribution in [0.3, 0.4) is 0 Å². The number of carboxylic acids is 1. The minimum atomic E-state index is -1.05. The van der Waals surface area contributed by atoms with Gasteiger partial charge in [0, 0.05) is 37.8 Å². The number of carboxylic acid groups (broad SMARTS) is 1. The molecule has 0 amide bonds. The first kappa shape index (κ1) is 18.0. The third-order valence-corrected chi connectivity index (χ3v) is 5.38. The van der Waals surface area contributed by atoms with Gasteiger partial charge in [-0.05, 0) is 24.6 Å². The summed E-state index contributed by atoms with van der Waals surface area (Å²) in [4.78, 5) is 17.5. The van der Waals surface area contributed by atoms with Gasteiger partial charge in [-0.15, -0.1) is 0 Å². The molecule has 0 radical (unpaired) electrons. The number of aromatic carboxylic acids is 1. The maximum Gasteiger partial charge on any atom is 0.372 e. The van der Waals surface area contributed by atoms with Crippen LogP contribution in [0.25, 0.3) is 0 Å². The first-order valence-electron chi connectivity index (χ1n) is 8.69. The SMILES string of the molecule is Cn1c(C(=O)O)nc2c1CN([C@H]1CO[C@@H](c3cc(F)ccc3F)[C@@H](N)C1)C2. The Morgan fingerprint density at radius 2 is 2.15 bits per heavy atom. The molecule has 9 heteroatoms. The van der Waals surface area contributed by atoms with Crippen molar-refractivity contribution in [2.45, 2.75) is 37.7 Å². The number of imidazole rings is 1. The molecule has 3 N–H and O–H groups in total. The molecule has 3 heterocycles. The molecule has 1 aromatic carbocycles. The van der Waals surface area contributed by atoms with Crippen molar-refractivity contribution in [3.63, 3.8) is 0 Å². The fourth-order valence-corrected chi connectivity index (χ4v) is 3.95. The lowest BCUT2D eigenvalue weighted by atomic mass is 9.93. The molecule has 0 spiro atoms. The van der Waals surface area contributed by atoms with Crippen molar-refractivity contribution in [2.24, 2.45) is 12.8 Å². The zero-order valence-corrected chi connectivity index (χ0v) is 14.7. The number of aromatic nitrogens is 2. The van der Waals surface area contributed by atoms with Gasteiger partial charge in [0.25, 0.3) is 0 Å². The summed E-state index contributed by atoms with van der Waals surface area (Å²) in [6, 6.07) is 2.79. The van der Waals surface area contributed by atoms with E-state index in [0.29, 0.717) is 26.1 Å². The summed E-state index contributed by atoms with van der Waals surface area (Å²) in [6.45, 7) is 1.39. The van der Waals surface area contributed by atoms with Gasteiger partial charge < -0.3 is 20.1 Å². The standard InChI is InChI=1S/C18H20F2N4O3/c1-23-15-7-24(6-14(15)22-17(23)18(25)26)10-5-13(21)16(27-8-10)11-4-9(19)2-3-12(11)20/h2-4,10,13,16H,5-8,21H2,1H3,(H,25,26)/t10-,13+,16+/m1/s1. The summed E-state index contributed by atoms with van der Waals surface area (Å²) in [5.74, 6) is -2.09. The molecule has 144 valence electrons. The lowest BCUT2D eigenvalue weighted by Gasteiger charge is -2.38. The zero-order valence-electron chi connectivity index (χ0n) is 14.7. The minimum absolute atomic E-state index is 0.00431. The summed E-state index contributed by atoms with van der Waals surface area (Å²) in [6.07, 6.45) is -0.140. The number of ether oxygens (including phenoxy) is 1. The van der Waals surface area contributed by atoms with E-state index < -0.39 is 29.7 Å². The molecule has 0 aliphatic carbocycles. The van der Waals surface area contributed by atoms with E-state index in [1.165, 1.54) is 0 Å². The van der Waals surface area contributed by atoms with E-state index in [0.717, 1.165) is 29.6 Å². The first-order valence-corrected chi connectivity index (χ1v) is 8.69. The average Bonchev–Trinajstić information content (AvgIpc) is 3.17. The number of fused-ring (bicyclic) bond motifs is 1. The molecule has 2 aliphatic rings. The van der Waals surface area contributed by atoms with Crippen molar-refractivity contribution in [3.8, 4) is 0 Å². The predicted octanol–water partition coefficient (Wildman–Crippen LogP) is 1.57. The Kier molecular flexibility index (Phi) is 4.45. The van der Waals surface area contributed by atoms with E-state index in [2.05, 4.69) is 9.88 Å². The predicted molar refractivity (Wildman–Crippen MR) is 90.8 cm³/mol. The van der Waals surface area contributed by atoms with E-state index in [9.17, 15) is 13.6 Å². The van der Waals surface area contributed by atoms with E-state index >= 15 is 0 Å². The normalized spacial score (nSPS) is 25.6. The van der Waals surface area contributed by atoms with Crippen molar-refractivity contribution in [1.29, 1.82) is 0 Å². The summed E-state index contributed by atoms with van der Waals surface area (Å²) < 4.78 is 34.9. The van der Waals surface area contributed by atoms with Crippen molar-refractivity contribution in [2.75, 3.05) is 6.61 Å². The second-order valence-electron chi connectivity index (χ2n) is 7.07. The highest BCUT2D eigenvalue weighted by Crippen LogP contribution is 2.34. The lowest BCUT2D eigenvalue weighted by molar-refractivity contribution is -0.0535. The van der Waals surface area contributed by atoms with E-state index in [1.54, 1.807) is 11.6 Å². The molecule has 1 fully saturated rings. The van der Waals surface area contributed by atoms with Crippen LogP contribution < -0.4 is 5.73 Å². The van der Waals surface area contributed by atoms with Crippen LogP contribution in [0.4, 0.5) is 8.78 Å². The van der Waals surface area contributed by atoms with E-state index in [1.807, 2.05) is 0 Å². The van der Waals surface area contributed by atoms with Gasteiger partial charge in [-0.3, -0.25) is 4.90 Å². The Hall–Kier alpha value is -2.36. The third-order valence-electron chi connectivity index (χ3n) is 5.38. The van der Waals surface area contributed by atoms with Gasteiger partial charge in [0.1, 0.15) is 17.7 Å². The van der Waals surface area contributed by atoms with Gasteiger partial charge in [-0.1, -0.05) is 0 Å². The van der Waals surface area contributed by atoms with Crippen molar-refractivity contribution in [1.82, 2.24) is 14.5 Å². The zero-order chi connectivity index (χ0) is 19.3. The van der Waals surface area contributed by atoms with Crippen LogP contribution in [-0.4, -0.2) is 44.2 Å². The second kappa shape index (κ2) is 6.66. The van der Waals surface area contributed by atoms with Crippen LogP contribution in [0.2, 0.25) is 0 Å².